The number of furan rings is 1. The van der Waals surface area contributed by atoms with Crippen molar-refractivity contribution in [3.63, 3.8) is 0 Å². The van der Waals surface area contributed by atoms with Crippen LogP contribution in [-0.2, 0) is 5.41 Å². The molecule has 0 spiro atoms. The normalized spacial score (nSPS) is 21.1. The van der Waals surface area contributed by atoms with Gasteiger partial charge >= 0.3 is 0 Å². The summed E-state index contributed by atoms with van der Waals surface area (Å²) >= 11 is 2.02. The molecule has 4 aliphatic carbocycles. The van der Waals surface area contributed by atoms with E-state index in [1.807, 2.05) is 11.3 Å². The average Bonchev–Trinajstić information content (AvgIpc) is 3.85. The van der Waals surface area contributed by atoms with Crippen molar-refractivity contribution in [3.05, 3.63) is 175 Å². The van der Waals surface area contributed by atoms with E-state index in [1.54, 1.807) is 5.56 Å². The Kier molecular flexibility index (Phi) is 7.40. The van der Waals surface area contributed by atoms with E-state index in [-0.39, 0.29) is 0 Å². The zero-order chi connectivity index (χ0) is 38.7. The van der Waals surface area contributed by atoms with Gasteiger partial charge in [0.1, 0.15) is 5.58 Å². The smallest absolute Gasteiger partial charge is 0.159 e. The molecule has 10 aromatic rings. The SMILES string of the molecule is c1ccc(-c2cccc3cccc(-c4cccc(N(c5ccc6sc7c(C89CC%10CC(CC(C%10)C8)C9)cccc7c6c5)c5cccc6c5oc5ccccc56)c4)c23)cc1. The van der Waals surface area contributed by atoms with Crippen LogP contribution >= 0.6 is 11.3 Å². The Bertz CT molecular complexity index is 3240. The average molecular weight is 778 g/mol. The molecule has 2 heterocycles. The van der Waals surface area contributed by atoms with Gasteiger partial charge in [-0.1, -0.05) is 127 Å². The van der Waals surface area contributed by atoms with E-state index in [0.29, 0.717) is 5.41 Å². The molecule has 4 fully saturated rings. The van der Waals surface area contributed by atoms with Gasteiger partial charge in [-0.3, -0.25) is 0 Å². The fourth-order valence-electron chi connectivity index (χ4n) is 12.4. The van der Waals surface area contributed by atoms with Crippen LogP contribution in [0.1, 0.15) is 44.1 Å². The summed E-state index contributed by atoms with van der Waals surface area (Å²) in [5, 5.41) is 7.52. The minimum atomic E-state index is 0.351. The van der Waals surface area contributed by atoms with Gasteiger partial charge in [-0.2, -0.15) is 0 Å². The van der Waals surface area contributed by atoms with E-state index in [2.05, 4.69) is 175 Å². The number of hydrogen-bond acceptors (Lipinski definition) is 3. The van der Waals surface area contributed by atoms with Crippen molar-refractivity contribution in [2.24, 2.45) is 17.8 Å². The van der Waals surface area contributed by atoms with Crippen molar-refractivity contribution in [3.8, 4) is 22.3 Å². The van der Waals surface area contributed by atoms with Gasteiger partial charge in [0.15, 0.2) is 5.58 Å². The molecule has 4 aliphatic rings. The van der Waals surface area contributed by atoms with Crippen LogP contribution in [0.5, 0.6) is 0 Å². The maximum Gasteiger partial charge on any atom is 0.159 e. The summed E-state index contributed by atoms with van der Waals surface area (Å²) in [5.74, 6) is 2.75. The van der Waals surface area contributed by atoms with Gasteiger partial charge in [0, 0.05) is 42.3 Å². The first-order valence-corrected chi connectivity index (χ1v) is 22.3. The molecule has 4 bridgehead atoms. The van der Waals surface area contributed by atoms with Gasteiger partial charge in [-0.05, 0) is 143 Å². The first-order valence-electron chi connectivity index (χ1n) is 21.5. The Morgan fingerprint density at radius 2 is 1.15 bits per heavy atom. The summed E-state index contributed by atoms with van der Waals surface area (Å²) in [6.45, 7) is 0. The van der Waals surface area contributed by atoms with Gasteiger partial charge in [0.05, 0.1) is 5.69 Å². The molecule has 0 aliphatic heterocycles. The predicted octanol–water partition coefficient (Wildman–Crippen LogP) is 16.4. The van der Waals surface area contributed by atoms with Crippen LogP contribution < -0.4 is 4.90 Å². The maximum atomic E-state index is 6.78. The molecule has 3 heteroatoms. The van der Waals surface area contributed by atoms with Gasteiger partial charge in [-0.25, -0.2) is 0 Å². The quantitative estimate of drug-likeness (QED) is 0.167. The Morgan fingerprint density at radius 1 is 0.508 bits per heavy atom. The van der Waals surface area contributed by atoms with Gasteiger partial charge < -0.3 is 9.32 Å². The summed E-state index contributed by atoms with van der Waals surface area (Å²) in [6.07, 6.45) is 8.55. The molecule has 2 aromatic heterocycles. The fraction of sp³-hybridized carbons (Fsp3) is 0.179. The highest BCUT2D eigenvalue weighted by molar-refractivity contribution is 7.26. The highest BCUT2D eigenvalue weighted by atomic mass is 32.1. The molecule has 0 radical (unpaired) electrons. The molecule has 14 rings (SSSR count). The molecule has 0 N–H and O–H groups in total. The lowest BCUT2D eigenvalue weighted by Gasteiger charge is -2.57. The second-order valence-electron chi connectivity index (χ2n) is 17.9. The van der Waals surface area contributed by atoms with Gasteiger partial charge in [0.2, 0.25) is 0 Å². The first-order chi connectivity index (χ1) is 29.2. The van der Waals surface area contributed by atoms with Crippen molar-refractivity contribution in [2.75, 3.05) is 4.90 Å². The lowest BCUT2D eigenvalue weighted by atomic mass is 9.48. The molecular weight excluding hydrogens is 735 g/mol. The van der Waals surface area contributed by atoms with E-state index >= 15 is 0 Å². The van der Waals surface area contributed by atoms with Gasteiger partial charge in [-0.15, -0.1) is 11.3 Å². The predicted molar refractivity (Wildman–Crippen MR) is 250 cm³/mol. The van der Waals surface area contributed by atoms with Crippen LogP contribution in [0.3, 0.4) is 0 Å². The minimum Gasteiger partial charge on any atom is -0.454 e. The first kappa shape index (κ1) is 33.8. The van der Waals surface area contributed by atoms with Crippen molar-refractivity contribution in [1.29, 1.82) is 0 Å². The molecule has 0 unspecified atom stereocenters. The minimum absolute atomic E-state index is 0.351. The number of benzene rings is 8. The molecule has 4 saturated carbocycles. The summed E-state index contributed by atoms with van der Waals surface area (Å²) < 4.78 is 9.66. The second-order valence-corrected chi connectivity index (χ2v) is 18.9. The monoisotopic (exact) mass is 777 g/mol. The number of hydrogen-bond donors (Lipinski definition) is 0. The van der Waals surface area contributed by atoms with Crippen LogP contribution in [0.15, 0.2) is 174 Å². The number of rotatable bonds is 6. The third kappa shape index (κ3) is 5.23. The molecular formula is C56H43NOS. The number of anilines is 3. The van der Waals surface area contributed by atoms with Crippen molar-refractivity contribution < 1.29 is 4.42 Å². The number of para-hydroxylation sites is 2. The van der Waals surface area contributed by atoms with Gasteiger partial charge in [0.25, 0.3) is 0 Å². The Morgan fingerprint density at radius 3 is 1.97 bits per heavy atom. The van der Waals surface area contributed by atoms with E-state index in [9.17, 15) is 0 Å². The standard InChI is InChI=1S/C56H43NOS/c1-2-11-38(12-3-1)43-18-7-13-39-14-8-19-44(53(39)43)40-15-6-16-41(30-40)57(50-23-10-20-46-45-17-4-5-24-51(45)58-54(46)50)42-25-26-52-48(31-42)47-21-9-22-49(55(47)59-52)56-32-35-27-36(33-56)29-37(28-35)34-56/h1-26,30-31,35-37H,27-29,32-34H2. The Labute approximate surface area is 348 Å². The second kappa shape index (κ2) is 12.9. The van der Waals surface area contributed by atoms with E-state index in [4.69, 9.17) is 4.42 Å². The molecule has 2 nitrogen and oxygen atoms in total. The maximum absolute atomic E-state index is 6.78. The molecule has 59 heavy (non-hydrogen) atoms. The largest absolute Gasteiger partial charge is 0.454 e. The summed E-state index contributed by atoms with van der Waals surface area (Å²) in [7, 11) is 0. The van der Waals surface area contributed by atoms with Crippen molar-refractivity contribution in [1.82, 2.24) is 0 Å². The molecule has 8 aromatic carbocycles. The number of nitrogens with zero attached hydrogens (tertiary/aromatic N) is 1. The topological polar surface area (TPSA) is 16.4 Å². The van der Waals surface area contributed by atoms with Crippen LogP contribution in [0.4, 0.5) is 17.1 Å². The van der Waals surface area contributed by atoms with Crippen molar-refractivity contribution in [2.45, 2.75) is 43.9 Å². The lowest BCUT2D eigenvalue weighted by Crippen LogP contribution is -2.48. The summed E-state index contributed by atoms with van der Waals surface area (Å²) in [4.78, 5) is 2.43. The highest BCUT2D eigenvalue weighted by Crippen LogP contribution is 2.62. The zero-order valence-electron chi connectivity index (χ0n) is 32.9. The zero-order valence-corrected chi connectivity index (χ0v) is 33.7. The lowest BCUT2D eigenvalue weighted by molar-refractivity contribution is -0.00442. The van der Waals surface area contributed by atoms with E-state index in [0.717, 1.165) is 56.8 Å². The third-order valence-corrected chi connectivity index (χ3v) is 15.6. The number of fused-ring (bicyclic) bond motifs is 7. The highest BCUT2D eigenvalue weighted by Gasteiger charge is 2.52. The van der Waals surface area contributed by atoms with Crippen LogP contribution in [0, 0.1) is 17.8 Å². The molecule has 0 saturated heterocycles. The van der Waals surface area contributed by atoms with Crippen molar-refractivity contribution >= 4 is 81.3 Å². The summed E-state index contributed by atoms with van der Waals surface area (Å²) in [5.41, 5.74) is 11.9. The molecule has 284 valence electrons. The number of thiophene rings is 1. The van der Waals surface area contributed by atoms with Crippen LogP contribution in [0.2, 0.25) is 0 Å². The van der Waals surface area contributed by atoms with E-state index < -0.39 is 0 Å². The molecule has 0 atom stereocenters. The van der Waals surface area contributed by atoms with E-state index in [1.165, 1.54) is 91.7 Å². The van der Waals surface area contributed by atoms with Crippen LogP contribution in [0.25, 0.3) is 75.1 Å². The third-order valence-electron chi connectivity index (χ3n) is 14.4. The summed E-state index contributed by atoms with van der Waals surface area (Å²) in [6, 6.07) is 62.7. The Hall–Kier alpha value is -6.16. The molecule has 0 amide bonds. The Balaban J connectivity index is 1.01. The van der Waals surface area contributed by atoms with Crippen LogP contribution in [-0.4, -0.2) is 0 Å². The fourth-order valence-corrected chi connectivity index (χ4v) is 13.7.